The Kier molecular flexibility index (Phi) is 4.93. The van der Waals surface area contributed by atoms with Gasteiger partial charge < -0.3 is 24.8 Å². The van der Waals surface area contributed by atoms with E-state index in [-0.39, 0.29) is 17.7 Å². The van der Waals surface area contributed by atoms with Crippen LogP contribution in [0.3, 0.4) is 0 Å². The van der Waals surface area contributed by atoms with E-state index in [1.54, 1.807) is 20.3 Å². The summed E-state index contributed by atoms with van der Waals surface area (Å²) in [4.78, 5) is 12.5. The van der Waals surface area contributed by atoms with Crippen molar-refractivity contribution >= 4 is 11.7 Å². The molecule has 2 amide bonds. The third kappa shape index (κ3) is 4.02. The summed E-state index contributed by atoms with van der Waals surface area (Å²) in [6.45, 7) is 4.02. The summed E-state index contributed by atoms with van der Waals surface area (Å²) in [5, 5.41) is 5.89. The zero-order valence-electron chi connectivity index (χ0n) is 15.5. The largest absolute Gasteiger partial charge is 0.497 e. The van der Waals surface area contributed by atoms with E-state index in [0.29, 0.717) is 17.9 Å². The van der Waals surface area contributed by atoms with Gasteiger partial charge in [0.05, 0.1) is 20.3 Å². The first-order valence-corrected chi connectivity index (χ1v) is 8.49. The molecule has 0 bridgehead atoms. The molecule has 0 spiro atoms. The highest BCUT2D eigenvalue weighted by atomic mass is 16.5. The zero-order valence-corrected chi connectivity index (χ0v) is 15.5. The van der Waals surface area contributed by atoms with Gasteiger partial charge in [-0.2, -0.15) is 0 Å². The van der Waals surface area contributed by atoms with Gasteiger partial charge in [0.2, 0.25) is 0 Å². The van der Waals surface area contributed by atoms with Crippen molar-refractivity contribution in [2.75, 3.05) is 19.5 Å². The SMILES string of the molecule is COc1cccc(NC(=O)N[C@@H]2CC(C)(C)Oc3ccc(OC)cc32)c1. The van der Waals surface area contributed by atoms with E-state index in [0.717, 1.165) is 17.1 Å². The van der Waals surface area contributed by atoms with Crippen molar-refractivity contribution in [1.82, 2.24) is 5.32 Å². The number of anilines is 1. The number of fused-ring (bicyclic) bond motifs is 1. The Labute approximate surface area is 153 Å². The monoisotopic (exact) mass is 356 g/mol. The van der Waals surface area contributed by atoms with Crippen LogP contribution in [0.4, 0.5) is 10.5 Å². The average Bonchev–Trinajstić information content (AvgIpc) is 2.60. The van der Waals surface area contributed by atoms with Crippen LogP contribution in [0.15, 0.2) is 42.5 Å². The molecule has 0 saturated carbocycles. The van der Waals surface area contributed by atoms with Crippen molar-refractivity contribution in [3.05, 3.63) is 48.0 Å². The molecule has 2 aromatic rings. The van der Waals surface area contributed by atoms with Gasteiger partial charge in [-0.3, -0.25) is 0 Å². The summed E-state index contributed by atoms with van der Waals surface area (Å²) < 4.78 is 16.5. The topological polar surface area (TPSA) is 68.8 Å². The van der Waals surface area contributed by atoms with Gasteiger partial charge in [-0.1, -0.05) is 6.07 Å². The van der Waals surface area contributed by atoms with Crippen LogP contribution < -0.4 is 24.8 Å². The quantitative estimate of drug-likeness (QED) is 0.864. The summed E-state index contributed by atoms with van der Waals surface area (Å²) in [5.74, 6) is 2.17. The maximum Gasteiger partial charge on any atom is 0.319 e. The van der Waals surface area contributed by atoms with E-state index in [1.165, 1.54) is 0 Å². The number of nitrogens with one attached hydrogen (secondary N) is 2. The van der Waals surface area contributed by atoms with Crippen LogP contribution in [0.25, 0.3) is 0 Å². The fourth-order valence-corrected chi connectivity index (χ4v) is 3.11. The van der Waals surface area contributed by atoms with E-state index in [2.05, 4.69) is 10.6 Å². The van der Waals surface area contributed by atoms with Crippen molar-refractivity contribution in [3.63, 3.8) is 0 Å². The minimum absolute atomic E-state index is 0.186. The van der Waals surface area contributed by atoms with Crippen molar-refractivity contribution < 1.29 is 19.0 Å². The first-order valence-electron chi connectivity index (χ1n) is 8.49. The maximum atomic E-state index is 12.5. The molecule has 2 aromatic carbocycles. The Morgan fingerprint density at radius 1 is 1.12 bits per heavy atom. The zero-order chi connectivity index (χ0) is 18.7. The lowest BCUT2D eigenvalue weighted by atomic mass is 9.89. The second-order valence-electron chi connectivity index (χ2n) is 6.85. The van der Waals surface area contributed by atoms with Crippen LogP contribution in [0.5, 0.6) is 17.2 Å². The van der Waals surface area contributed by atoms with Gasteiger partial charge in [-0.25, -0.2) is 4.79 Å². The summed E-state index contributed by atoms with van der Waals surface area (Å²) in [6.07, 6.45) is 0.651. The molecule has 0 aliphatic carbocycles. The van der Waals surface area contributed by atoms with Crippen molar-refractivity contribution in [3.8, 4) is 17.2 Å². The molecule has 6 nitrogen and oxygen atoms in total. The molecule has 0 fully saturated rings. The van der Waals surface area contributed by atoms with Crippen LogP contribution in [0.2, 0.25) is 0 Å². The number of carbonyl (C=O) groups excluding carboxylic acids is 1. The lowest BCUT2D eigenvalue weighted by Gasteiger charge is -2.38. The molecule has 138 valence electrons. The predicted molar refractivity (Wildman–Crippen MR) is 100 cm³/mol. The lowest BCUT2D eigenvalue weighted by Crippen LogP contribution is -2.42. The number of amides is 2. The second kappa shape index (κ2) is 7.15. The van der Waals surface area contributed by atoms with Crippen LogP contribution in [0, 0.1) is 0 Å². The fraction of sp³-hybridized carbons (Fsp3) is 0.350. The molecule has 1 heterocycles. The van der Waals surface area contributed by atoms with E-state index in [4.69, 9.17) is 14.2 Å². The summed E-state index contributed by atoms with van der Waals surface area (Å²) in [6, 6.07) is 12.4. The Bertz CT molecular complexity index is 804. The minimum Gasteiger partial charge on any atom is -0.497 e. The van der Waals surface area contributed by atoms with Gasteiger partial charge in [0.15, 0.2) is 0 Å². The number of urea groups is 1. The van der Waals surface area contributed by atoms with Crippen LogP contribution >= 0.6 is 0 Å². The van der Waals surface area contributed by atoms with E-state index < -0.39 is 0 Å². The van der Waals surface area contributed by atoms with Crippen molar-refractivity contribution in [2.45, 2.75) is 31.9 Å². The van der Waals surface area contributed by atoms with Crippen LogP contribution in [-0.2, 0) is 0 Å². The van der Waals surface area contributed by atoms with Gasteiger partial charge in [-0.05, 0) is 44.2 Å². The lowest BCUT2D eigenvalue weighted by molar-refractivity contribution is 0.0681. The number of rotatable bonds is 4. The average molecular weight is 356 g/mol. The summed E-state index contributed by atoms with van der Waals surface area (Å²) >= 11 is 0. The second-order valence-corrected chi connectivity index (χ2v) is 6.85. The first kappa shape index (κ1) is 17.9. The number of ether oxygens (including phenoxy) is 3. The molecule has 0 aromatic heterocycles. The molecule has 2 N–H and O–H groups in total. The van der Waals surface area contributed by atoms with Gasteiger partial charge in [0.1, 0.15) is 22.8 Å². The van der Waals surface area contributed by atoms with E-state index >= 15 is 0 Å². The number of hydrogen-bond donors (Lipinski definition) is 2. The molecule has 6 heteroatoms. The standard InChI is InChI=1S/C20H24N2O4/c1-20(2)12-17(16-11-15(25-4)8-9-18(16)26-20)22-19(23)21-13-6-5-7-14(10-13)24-3/h5-11,17H,12H2,1-4H3,(H2,21,22,23)/t17-/m1/s1. The molecular weight excluding hydrogens is 332 g/mol. The van der Waals surface area contributed by atoms with E-state index in [1.807, 2.05) is 50.2 Å². The van der Waals surface area contributed by atoms with Gasteiger partial charge in [0, 0.05) is 23.7 Å². The van der Waals surface area contributed by atoms with Gasteiger partial charge in [-0.15, -0.1) is 0 Å². The Balaban J connectivity index is 1.78. The fourth-order valence-electron chi connectivity index (χ4n) is 3.11. The van der Waals surface area contributed by atoms with Crippen molar-refractivity contribution in [1.29, 1.82) is 0 Å². The third-order valence-electron chi connectivity index (χ3n) is 4.31. The van der Waals surface area contributed by atoms with Crippen molar-refractivity contribution in [2.24, 2.45) is 0 Å². The highest BCUT2D eigenvalue weighted by Gasteiger charge is 2.34. The van der Waals surface area contributed by atoms with Crippen LogP contribution in [-0.4, -0.2) is 25.9 Å². The molecular formula is C20H24N2O4. The number of carbonyl (C=O) groups is 1. The van der Waals surface area contributed by atoms with Crippen LogP contribution in [0.1, 0.15) is 31.9 Å². The molecule has 26 heavy (non-hydrogen) atoms. The first-order chi connectivity index (χ1) is 12.4. The molecule has 0 unspecified atom stereocenters. The molecule has 0 saturated heterocycles. The third-order valence-corrected chi connectivity index (χ3v) is 4.31. The Hall–Kier alpha value is -2.89. The summed E-state index contributed by atoms with van der Waals surface area (Å²) in [5.41, 5.74) is 1.19. The van der Waals surface area contributed by atoms with Gasteiger partial charge in [0.25, 0.3) is 0 Å². The smallest absolute Gasteiger partial charge is 0.319 e. The Morgan fingerprint density at radius 2 is 1.85 bits per heavy atom. The molecule has 1 aliphatic rings. The van der Waals surface area contributed by atoms with Gasteiger partial charge >= 0.3 is 6.03 Å². The molecule has 1 atom stereocenters. The predicted octanol–water partition coefficient (Wildman–Crippen LogP) is 4.13. The maximum absolute atomic E-state index is 12.5. The molecule has 0 radical (unpaired) electrons. The molecule has 1 aliphatic heterocycles. The number of benzene rings is 2. The summed E-state index contributed by atoms with van der Waals surface area (Å²) in [7, 11) is 3.21. The normalized spacial score (nSPS) is 17.5. The Morgan fingerprint density at radius 3 is 2.58 bits per heavy atom. The number of hydrogen-bond acceptors (Lipinski definition) is 4. The number of methoxy groups -OCH3 is 2. The highest BCUT2D eigenvalue weighted by molar-refractivity contribution is 5.89. The van der Waals surface area contributed by atoms with E-state index in [9.17, 15) is 4.79 Å². The highest BCUT2D eigenvalue weighted by Crippen LogP contribution is 2.41. The molecule has 3 rings (SSSR count). The minimum atomic E-state index is -0.379.